The van der Waals surface area contributed by atoms with E-state index in [0.29, 0.717) is 6.54 Å². The van der Waals surface area contributed by atoms with Gasteiger partial charge in [0.05, 0.1) is 17.5 Å². The Morgan fingerprint density at radius 2 is 2.18 bits per heavy atom. The molecule has 0 aromatic carbocycles. The Labute approximate surface area is 102 Å². The summed E-state index contributed by atoms with van der Waals surface area (Å²) in [6, 6.07) is 0.278. The molecule has 3 N–H and O–H groups in total. The number of aliphatic hydroxyl groups is 1. The minimum atomic E-state index is -0.251. The van der Waals surface area contributed by atoms with Gasteiger partial charge >= 0.3 is 0 Å². The second kappa shape index (κ2) is 4.56. The largest absolute Gasteiger partial charge is 0.394 e. The van der Waals surface area contributed by atoms with Gasteiger partial charge in [-0.2, -0.15) is 5.10 Å². The van der Waals surface area contributed by atoms with Crippen LogP contribution in [0.3, 0.4) is 0 Å². The smallest absolute Gasteiger partial charge is 0.151 e. The van der Waals surface area contributed by atoms with Crippen molar-refractivity contribution in [2.45, 2.75) is 45.8 Å². The van der Waals surface area contributed by atoms with E-state index >= 15 is 0 Å². The van der Waals surface area contributed by atoms with Crippen LogP contribution in [0.4, 0.5) is 11.5 Å². The summed E-state index contributed by atoms with van der Waals surface area (Å²) in [5.74, 6) is 0.969. The molecule has 0 saturated carbocycles. The fraction of sp³-hybridized carbons (Fsp3) is 0.750. The minimum Gasteiger partial charge on any atom is -0.394 e. The third-order valence-corrected chi connectivity index (χ3v) is 3.29. The van der Waals surface area contributed by atoms with Crippen LogP contribution in [0.5, 0.6) is 0 Å². The van der Waals surface area contributed by atoms with Crippen molar-refractivity contribution in [3.05, 3.63) is 5.69 Å². The fourth-order valence-electron chi connectivity index (χ4n) is 2.37. The molecule has 2 heterocycles. The fourth-order valence-corrected chi connectivity index (χ4v) is 2.37. The van der Waals surface area contributed by atoms with E-state index in [-0.39, 0.29) is 12.1 Å². The number of piperidine rings is 1. The first kappa shape index (κ1) is 12.2. The molecule has 1 aromatic heterocycles. The third kappa shape index (κ3) is 2.24. The second-order valence-corrected chi connectivity index (χ2v) is 5.10. The van der Waals surface area contributed by atoms with Crippen LogP contribution in [-0.2, 0) is 0 Å². The molecule has 1 saturated heterocycles. The summed E-state index contributed by atoms with van der Waals surface area (Å²) in [6.07, 6.45) is 1.63. The van der Waals surface area contributed by atoms with Crippen molar-refractivity contribution in [2.75, 3.05) is 23.7 Å². The van der Waals surface area contributed by atoms with Crippen LogP contribution in [0.2, 0.25) is 0 Å². The van der Waals surface area contributed by atoms with Crippen molar-refractivity contribution in [1.82, 2.24) is 9.78 Å². The van der Waals surface area contributed by atoms with E-state index in [4.69, 9.17) is 5.73 Å². The Bertz CT molecular complexity index is 399. The molecule has 0 amide bonds. The van der Waals surface area contributed by atoms with E-state index in [1.807, 2.05) is 11.6 Å². The molecule has 1 aliphatic heterocycles. The first-order chi connectivity index (χ1) is 8.00. The van der Waals surface area contributed by atoms with Crippen LogP contribution in [0.25, 0.3) is 0 Å². The Hall–Kier alpha value is -1.23. The molecule has 5 nitrogen and oxygen atoms in total. The number of β-amino-alcohol motifs (C(OH)–C–C–N with tert-alkyl or cyclic N) is 1. The molecule has 17 heavy (non-hydrogen) atoms. The van der Waals surface area contributed by atoms with E-state index in [1.54, 1.807) is 0 Å². The van der Waals surface area contributed by atoms with Gasteiger partial charge in [0.15, 0.2) is 5.82 Å². The summed E-state index contributed by atoms with van der Waals surface area (Å²) in [6.45, 7) is 7.71. The average Bonchev–Trinajstić information content (AvgIpc) is 2.56. The maximum absolute atomic E-state index is 9.76. The normalized spacial score (nSPS) is 21.2. The molecule has 1 aliphatic rings. The van der Waals surface area contributed by atoms with Gasteiger partial charge in [0.2, 0.25) is 0 Å². The zero-order valence-electron chi connectivity index (χ0n) is 10.8. The van der Waals surface area contributed by atoms with Crippen molar-refractivity contribution < 1.29 is 5.11 Å². The van der Waals surface area contributed by atoms with Gasteiger partial charge < -0.3 is 15.7 Å². The summed E-state index contributed by atoms with van der Waals surface area (Å²) in [5, 5.41) is 14.2. The number of nitrogens with two attached hydrogens (primary N) is 1. The van der Waals surface area contributed by atoms with Gasteiger partial charge in [0.25, 0.3) is 0 Å². The molecule has 5 heteroatoms. The number of rotatable bonds is 2. The minimum absolute atomic E-state index is 0.251. The summed E-state index contributed by atoms with van der Waals surface area (Å²) in [4.78, 5) is 2.16. The number of nitrogens with zero attached hydrogens (tertiary/aromatic N) is 3. The molecular formula is C12H22N4O. The quantitative estimate of drug-likeness (QED) is 0.815. The highest BCUT2D eigenvalue weighted by Gasteiger charge is 2.25. The van der Waals surface area contributed by atoms with Crippen molar-refractivity contribution in [3.8, 4) is 0 Å². The van der Waals surface area contributed by atoms with Gasteiger partial charge in [-0.25, -0.2) is 4.68 Å². The number of aromatic nitrogens is 2. The standard InChI is InChI=1S/C12H22N4O/c1-8(2)16-12(11(13)9(3)14-16)15-6-4-5-10(17)7-15/h8,10,17H,4-7,13H2,1-3H3. The van der Waals surface area contributed by atoms with Gasteiger partial charge in [0.1, 0.15) is 0 Å². The number of nitrogen functional groups attached to an aromatic ring is 1. The molecule has 1 atom stereocenters. The maximum atomic E-state index is 9.76. The highest BCUT2D eigenvalue weighted by Crippen LogP contribution is 2.31. The Morgan fingerprint density at radius 1 is 1.47 bits per heavy atom. The van der Waals surface area contributed by atoms with Crippen LogP contribution < -0.4 is 10.6 Å². The van der Waals surface area contributed by atoms with Crippen molar-refractivity contribution in [1.29, 1.82) is 0 Å². The second-order valence-electron chi connectivity index (χ2n) is 5.10. The van der Waals surface area contributed by atoms with Gasteiger partial charge in [-0.15, -0.1) is 0 Å². The van der Waals surface area contributed by atoms with E-state index in [2.05, 4.69) is 23.8 Å². The zero-order chi connectivity index (χ0) is 12.6. The molecular weight excluding hydrogens is 216 g/mol. The maximum Gasteiger partial charge on any atom is 0.151 e. The van der Waals surface area contributed by atoms with Crippen LogP contribution in [-0.4, -0.2) is 34.1 Å². The van der Waals surface area contributed by atoms with Gasteiger partial charge in [-0.05, 0) is 33.6 Å². The van der Waals surface area contributed by atoms with Crippen LogP contribution in [0, 0.1) is 6.92 Å². The number of aryl methyl sites for hydroxylation is 1. The third-order valence-electron chi connectivity index (χ3n) is 3.29. The number of hydrogen-bond acceptors (Lipinski definition) is 4. The Balaban J connectivity index is 2.35. The number of hydrogen-bond donors (Lipinski definition) is 2. The zero-order valence-corrected chi connectivity index (χ0v) is 10.8. The van der Waals surface area contributed by atoms with E-state index in [1.165, 1.54) is 0 Å². The van der Waals surface area contributed by atoms with Crippen LogP contribution in [0.15, 0.2) is 0 Å². The van der Waals surface area contributed by atoms with Gasteiger partial charge in [-0.3, -0.25) is 0 Å². The average molecular weight is 238 g/mol. The topological polar surface area (TPSA) is 67.3 Å². The number of anilines is 2. The predicted octanol–water partition coefficient (Wildman–Crippen LogP) is 1.32. The van der Waals surface area contributed by atoms with Crippen LogP contribution in [0.1, 0.15) is 38.4 Å². The Morgan fingerprint density at radius 3 is 2.76 bits per heavy atom. The molecule has 0 radical (unpaired) electrons. The van der Waals surface area contributed by atoms with E-state index < -0.39 is 0 Å². The molecule has 1 unspecified atom stereocenters. The molecule has 0 bridgehead atoms. The lowest BCUT2D eigenvalue weighted by Gasteiger charge is -2.33. The molecule has 1 aromatic rings. The summed E-state index contributed by atoms with van der Waals surface area (Å²) in [5.41, 5.74) is 7.72. The van der Waals surface area contributed by atoms with Gasteiger partial charge in [-0.1, -0.05) is 0 Å². The van der Waals surface area contributed by atoms with Crippen molar-refractivity contribution >= 4 is 11.5 Å². The van der Waals surface area contributed by atoms with Crippen molar-refractivity contribution in [3.63, 3.8) is 0 Å². The summed E-state index contributed by atoms with van der Waals surface area (Å²) >= 11 is 0. The summed E-state index contributed by atoms with van der Waals surface area (Å²) < 4.78 is 1.96. The van der Waals surface area contributed by atoms with E-state index in [0.717, 1.165) is 36.6 Å². The SMILES string of the molecule is Cc1nn(C(C)C)c(N2CCCC(O)C2)c1N. The molecule has 1 fully saturated rings. The summed E-state index contributed by atoms with van der Waals surface area (Å²) in [7, 11) is 0. The molecule has 0 aliphatic carbocycles. The highest BCUT2D eigenvalue weighted by molar-refractivity contribution is 5.66. The molecule has 0 spiro atoms. The molecule has 96 valence electrons. The Kier molecular flexibility index (Phi) is 3.28. The highest BCUT2D eigenvalue weighted by atomic mass is 16.3. The first-order valence-corrected chi connectivity index (χ1v) is 6.28. The number of aliphatic hydroxyl groups excluding tert-OH is 1. The molecule has 2 rings (SSSR count). The van der Waals surface area contributed by atoms with Crippen molar-refractivity contribution in [2.24, 2.45) is 0 Å². The first-order valence-electron chi connectivity index (χ1n) is 6.28. The van der Waals surface area contributed by atoms with Gasteiger partial charge in [0, 0.05) is 19.1 Å². The lowest BCUT2D eigenvalue weighted by atomic mass is 10.1. The lowest BCUT2D eigenvalue weighted by Crippen LogP contribution is -2.39. The van der Waals surface area contributed by atoms with Crippen LogP contribution >= 0.6 is 0 Å². The van der Waals surface area contributed by atoms with E-state index in [9.17, 15) is 5.11 Å². The predicted molar refractivity (Wildman–Crippen MR) is 69.2 cm³/mol. The lowest BCUT2D eigenvalue weighted by molar-refractivity contribution is 0.153. The monoisotopic (exact) mass is 238 g/mol.